The van der Waals surface area contributed by atoms with Crippen LogP contribution in [0.2, 0.25) is 0 Å². The summed E-state index contributed by atoms with van der Waals surface area (Å²) in [6.07, 6.45) is 4.87. The van der Waals surface area contributed by atoms with E-state index in [0.29, 0.717) is 29.1 Å². The second kappa shape index (κ2) is 11.1. The summed E-state index contributed by atoms with van der Waals surface area (Å²) in [5.41, 5.74) is 5.59. The third-order valence-corrected chi connectivity index (χ3v) is 8.32. The molecule has 2 aromatic rings. The minimum absolute atomic E-state index is 0.152. The largest absolute Gasteiger partial charge is 0.382 e. The number of hydrogen-bond donors (Lipinski definition) is 3. The number of aromatic nitrogens is 1. The molecule has 0 radical (unpaired) electrons. The molecule has 1 unspecified atom stereocenters. The molecule has 186 valence electrons. The Balaban J connectivity index is 1.76. The maximum atomic E-state index is 13.3. The number of nitrogens with one attached hydrogen (secondary N) is 3. The number of rotatable bonds is 7. The van der Waals surface area contributed by atoms with Gasteiger partial charge in [-0.2, -0.15) is 0 Å². The number of pyridine rings is 1. The molecule has 0 bridgehead atoms. The molecule has 1 aromatic carbocycles. The van der Waals surface area contributed by atoms with Gasteiger partial charge in [-0.15, -0.1) is 0 Å². The molecule has 3 N–H and O–H groups in total. The van der Waals surface area contributed by atoms with Gasteiger partial charge in [0.2, 0.25) is 0 Å². The first-order valence-corrected chi connectivity index (χ1v) is 13.0. The zero-order chi connectivity index (χ0) is 25.2. The van der Waals surface area contributed by atoms with E-state index in [9.17, 15) is 9.59 Å². The minimum atomic E-state index is -0.169. The van der Waals surface area contributed by atoms with Gasteiger partial charge >= 0.3 is 0 Å². The average Bonchev–Trinajstić information content (AvgIpc) is 2.76. The smallest absolute Gasteiger partial charge is 0.253 e. The van der Waals surface area contributed by atoms with Gasteiger partial charge in [-0.25, -0.2) is 0 Å². The van der Waals surface area contributed by atoms with Gasteiger partial charge in [0, 0.05) is 45.6 Å². The summed E-state index contributed by atoms with van der Waals surface area (Å²) in [6.45, 7) is 10.1. The number of hydrogen-bond acceptors (Lipinski definition) is 4. The molecule has 7 heteroatoms. The molecule has 6 nitrogen and oxygen atoms in total. The van der Waals surface area contributed by atoms with Gasteiger partial charge in [0.1, 0.15) is 0 Å². The van der Waals surface area contributed by atoms with E-state index < -0.39 is 0 Å². The number of carbonyl (C=O) groups is 1. The predicted molar refractivity (Wildman–Crippen MR) is 144 cm³/mol. The van der Waals surface area contributed by atoms with Crippen LogP contribution in [0.15, 0.2) is 21.4 Å². The first-order valence-electron chi connectivity index (χ1n) is 12.2. The lowest BCUT2D eigenvalue weighted by Gasteiger charge is -2.36. The van der Waals surface area contributed by atoms with Crippen molar-refractivity contribution in [3.63, 3.8) is 0 Å². The van der Waals surface area contributed by atoms with Crippen molar-refractivity contribution in [2.45, 2.75) is 78.9 Å². The molecule has 1 fully saturated rings. The van der Waals surface area contributed by atoms with Crippen LogP contribution in [0.4, 0.5) is 5.69 Å². The lowest BCUT2D eigenvalue weighted by molar-refractivity contribution is 0.0949. The molecule has 34 heavy (non-hydrogen) atoms. The number of halogens is 1. The Kier molecular flexibility index (Phi) is 8.63. The molecular formula is C27H39BrN4O2. The quantitative estimate of drug-likeness (QED) is 0.458. The lowest BCUT2D eigenvalue weighted by atomic mass is 9.81. The molecule has 1 aliphatic carbocycles. The molecule has 1 aliphatic rings. The molecule has 1 amide bonds. The maximum absolute atomic E-state index is 13.3. The van der Waals surface area contributed by atoms with Gasteiger partial charge in [0.05, 0.1) is 0 Å². The Morgan fingerprint density at radius 3 is 2.35 bits per heavy atom. The Labute approximate surface area is 212 Å². The van der Waals surface area contributed by atoms with Crippen LogP contribution < -0.4 is 16.2 Å². The summed E-state index contributed by atoms with van der Waals surface area (Å²) < 4.78 is 0.902. The number of anilines is 1. The van der Waals surface area contributed by atoms with Crippen LogP contribution in [0.3, 0.4) is 0 Å². The van der Waals surface area contributed by atoms with Gasteiger partial charge in [-0.05, 0) is 109 Å². The van der Waals surface area contributed by atoms with E-state index in [1.165, 1.54) is 25.7 Å². The summed E-state index contributed by atoms with van der Waals surface area (Å²) in [5.74, 6) is 0.446. The number of carbonyl (C=O) groups excluding carboxylic acids is 1. The first kappa shape index (κ1) is 26.5. The molecule has 1 aromatic heterocycles. The highest BCUT2D eigenvalue weighted by Gasteiger charge is 2.27. The van der Waals surface area contributed by atoms with Crippen molar-refractivity contribution in [1.82, 2.24) is 15.2 Å². The molecular weight excluding hydrogens is 492 g/mol. The van der Waals surface area contributed by atoms with Crippen molar-refractivity contribution in [3.8, 4) is 0 Å². The second-order valence-corrected chi connectivity index (χ2v) is 11.0. The molecule has 1 heterocycles. The van der Waals surface area contributed by atoms with Crippen LogP contribution in [0.25, 0.3) is 0 Å². The van der Waals surface area contributed by atoms with E-state index in [4.69, 9.17) is 0 Å². The van der Waals surface area contributed by atoms with Crippen LogP contribution in [0, 0.1) is 33.6 Å². The predicted octanol–water partition coefficient (Wildman–Crippen LogP) is 5.22. The van der Waals surface area contributed by atoms with Gasteiger partial charge < -0.3 is 20.5 Å². The van der Waals surface area contributed by atoms with Crippen LogP contribution in [-0.4, -0.2) is 42.0 Å². The number of H-pyrrole nitrogens is 1. The number of aromatic amines is 1. The zero-order valence-electron chi connectivity index (χ0n) is 21.6. The number of benzene rings is 1. The van der Waals surface area contributed by atoms with Gasteiger partial charge in [-0.3, -0.25) is 9.59 Å². The topological polar surface area (TPSA) is 77.2 Å². The monoisotopic (exact) mass is 530 g/mol. The highest BCUT2D eigenvalue weighted by atomic mass is 79.9. The standard InChI is InChI=1S/C27H39BrN4O2/c1-15-12-16(2)30-26(33)22(15)14-29-27(34)25-17(3)23(28)13-24(18(25)4)31-19(5)20-8-10-21(11-9-20)32(6)7/h12-13,19-21,31H,8-11,14H2,1-7H3,(H,29,34)(H,30,33). The van der Waals surface area contributed by atoms with E-state index in [1.54, 1.807) is 0 Å². The van der Waals surface area contributed by atoms with Crippen molar-refractivity contribution < 1.29 is 4.79 Å². The number of aryl methyl sites for hydroxylation is 2. The summed E-state index contributed by atoms with van der Waals surface area (Å²) in [5, 5.41) is 6.68. The third kappa shape index (κ3) is 5.92. The normalized spacial score (nSPS) is 19.2. The Hall–Kier alpha value is -2.12. The maximum Gasteiger partial charge on any atom is 0.253 e. The second-order valence-electron chi connectivity index (χ2n) is 10.1. The van der Waals surface area contributed by atoms with Gasteiger partial charge in [0.25, 0.3) is 11.5 Å². The van der Waals surface area contributed by atoms with Crippen LogP contribution in [0.5, 0.6) is 0 Å². The fourth-order valence-electron chi connectivity index (χ4n) is 5.21. The Morgan fingerprint density at radius 2 is 1.76 bits per heavy atom. The van der Waals surface area contributed by atoms with Gasteiger partial charge in [-0.1, -0.05) is 15.9 Å². The third-order valence-electron chi connectivity index (χ3n) is 7.49. The molecule has 1 saturated carbocycles. The van der Waals surface area contributed by atoms with Crippen LogP contribution in [0.1, 0.15) is 70.9 Å². The summed E-state index contributed by atoms with van der Waals surface area (Å²) in [7, 11) is 4.34. The summed E-state index contributed by atoms with van der Waals surface area (Å²) >= 11 is 3.66. The zero-order valence-corrected chi connectivity index (χ0v) is 23.1. The SMILES string of the molecule is Cc1cc(C)c(CNC(=O)c2c(C)c(Br)cc(NC(C)C3CCC(N(C)C)CC3)c2C)c(=O)[nH]1. The van der Waals surface area contributed by atoms with Crippen LogP contribution in [-0.2, 0) is 6.54 Å². The van der Waals surface area contributed by atoms with Crippen molar-refractivity contribution in [1.29, 1.82) is 0 Å². The highest BCUT2D eigenvalue weighted by Crippen LogP contribution is 2.34. The van der Waals surface area contributed by atoms with Crippen molar-refractivity contribution in [2.75, 3.05) is 19.4 Å². The Morgan fingerprint density at radius 1 is 1.12 bits per heavy atom. The fourth-order valence-corrected chi connectivity index (χ4v) is 5.64. The molecule has 0 aliphatic heterocycles. The molecule has 1 atom stereocenters. The minimum Gasteiger partial charge on any atom is -0.382 e. The number of nitrogens with zero attached hydrogens (tertiary/aromatic N) is 1. The molecule has 0 spiro atoms. The van der Waals surface area contributed by atoms with Crippen LogP contribution >= 0.6 is 15.9 Å². The van der Waals surface area contributed by atoms with E-state index in [1.807, 2.05) is 33.8 Å². The molecule has 3 rings (SSSR count). The van der Waals surface area contributed by atoms with Crippen molar-refractivity contribution >= 4 is 27.5 Å². The van der Waals surface area contributed by atoms with Crippen molar-refractivity contribution in [3.05, 3.63) is 60.5 Å². The number of amides is 1. The van der Waals surface area contributed by atoms with E-state index >= 15 is 0 Å². The van der Waals surface area contributed by atoms with E-state index in [2.05, 4.69) is 63.5 Å². The van der Waals surface area contributed by atoms with E-state index in [-0.39, 0.29) is 18.0 Å². The average molecular weight is 532 g/mol. The molecule has 0 saturated heterocycles. The van der Waals surface area contributed by atoms with Crippen molar-refractivity contribution in [2.24, 2.45) is 5.92 Å². The lowest BCUT2D eigenvalue weighted by Crippen LogP contribution is -2.36. The fraction of sp³-hybridized carbons (Fsp3) is 0.556. The van der Waals surface area contributed by atoms with Gasteiger partial charge in [0.15, 0.2) is 0 Å². The highest BCUT2D eigenvalue weighted by molar-refractivity contribution is 9.10. The summed E-state index contributed by atoms with van der Waals surface area (Å²) in [4.78, 5) is 30.8. The summed E-state index contributed by atoms with van der Waals surface area (Å²) in [6, 6.07) is 5.01. The Bertz CT molecular complexity index is 1100. The first-order chi connectivity index (χ1) is 16.0. The van der Waals surface area contributed by atoms with E-state index in [0.717, 1.165) is 32.5 Å².